The second kappa shape index (κ2) is 7.38. The Kier molecular flexibility index (Phi) is 5.02. The van der Waals surface area contributed by atoms with Crippen LogP contribution in [0.25, 0.3) is 22.1 Å². The summed E-state index contributed by atoms with van der Waals surface area (Å²) in [5.41, 5.74) is 1.52. The van der Waals surface area contributed by atoms with Gasteiger partial charge >= 0.3 is 5.63 Å². The Bertz CT molecular complexity index is 931. The molecule has 6 heteroatoms. The van der Waals surface area contributed by atoms with Crippen molar-refractivity contribution in [2.24, 2.45) is 0 Å². The number of ether oxygens (including phenoxy) is 1. The first-order valence-electron chi connectivity index (χ1n) is 7.88. The van der Waals surface area contributed by atoms with E-state index in [2.05, 4.69) is 5.32 Å². The van der Waals surface area contributed by atoms with Crippen LogP contribution in [0.2, 0.25) is 0 Å². The average molecular weight is 341 g/mol. The number of benzene rings is 2. The van der Waals surface area contributed by atoms with Gasteiger partial charge in [-0.1, -0.05) is 12.1 Å². The molecule has 0 unspecified atom stereocenters. The molecule has 0 fully saturated rings. The van der Waals surface area contributed by atoms with Crippen LogP contribution in [0.5, 0.6) is 11.5 Å². The summed E-state index contributed by atoms with van der Waals surface area (Å²) >= 11 is 0. The lowest BCUT2D eigenvalue weighted by Gasteiger charge is -2.10. The SMILES string of the molecule is COc1ccc(-c2cc3ccc(O)c(CNCCO)c3oc2=O)cc1. The fourth-order valence-corrected chi connectivity index (χ4v) is 2.67. The molecule has 1 heterocycles. The normalized spacial score (nSPS) is 11.0. The lowest BCUT2D eigenvalue weighted by Crippen LogP contribution is -2.18. The van der Waals surface area contributed by atoms with Crippen LogP contribution in [0.4, 0.5) is 0 Å². The molecular formula is C19H19NO5. The maximum atomic E-state index is 12.4. The van der Waals surface area contributed by atoms with Gasteiger partial charge in [0.05, 0.1) is 24.8 Å². The van der Waals surface area contributed by atoms with Crippen molar-refractivity contribution in [3.05, 3.63) is 58.4 Å². The molecule has 25 heavy (non-hydrogen) atoms. The molecule has 0 saturated heterocycles. The van der Waals surface area contributed by atoms with Crippen LogP contribution in [0.3, 0.4) is 0 Å². The number of aliphatic hydroxyl groups is 1. The van der Waals surface area contributed by atoms with Crippen LogP contribution in [0, 0.1) is 0 Å². The zero-order valence-electron chi connectivity index (χ0n) is 13.8. The summed E-state index contributed by atoms with van der Waals surface area (Å²) in [7, 11) is 1.58. The predicted molar refractivity (Wildman–Crippen MR) is 94.9 cm³/mol. The molecule has 0 aliphatic rings. The number of aromatic hydroxyl groups is 1. The van der Waals surface area contributed by atoms with Crippen molar-refractivity contribution in [3.63, 3.8) is 0 Å². The molecule has 3 aromatic rings. The van der Waals surface area contributed by atoms with E-state index in [-0.39, 0.29) is 18.9 Å². The molecule has 0 aliphatic carbocycles. The first-order chi connectivity index (χ1) is 12.1. The lowest BCUT2D eigenvalue weighted by atomic mass is 10.0. The molecular weight excluding hydrogens is 322 g/mol. The fraction of sp³-hybridized carbons (Fsp3) is 0.211. The van der Waals surface area contributed by atoms with E-state index >= 15 is 0 Å². The minimum Gasteiger partial charge on any atom is -0.507 e. The van der Waals surface area contributed by atoms with Crippen LogP contribution >= 0.6 is 0 Å². The molecule has 3 N–H and O–H groups in total. The second-order valence-electron chi connectivity index (χ2n) is 5.56. The van der Waals surface area contributed by atoms with Gasteiger partial charge in [-0.2, -0.15) is 0 Å². The summed E-state index contributed by atoms with van der Waals surface area (Å²) in [5, 5.41) is 22.6. The van der Waals surface area contributed by atoms with Gasteiger partial charge in [0.2, 0.25) is 0 Å². The lowest BCUT2D eigenvalue weighted by molar-refractivity contribution is 0.291. The number of phenols is 1. The molecule has 3 rings (SSSR count). The van der Waals surface area contributed by atoms with Gasteiger partial charge in [-0.05, 0) is 35.9 Å². The van der Waals surface area contributed by atoms with Crippen LogP contribution in [-0.2, 0) is 6.54 Å². The first kappa shape index (κ1) is 17.0. The summed E-state index contributed by atoms with van der Waals surface area (Å²) in [6.07, 6.45) is 0. The summed E-state index contributed by atoms with van der Waals surface area (Å²) in [5.74, 6) is 0.745. The fourth-order valence-electron chi connectivity index (χ4n) is 2.67. The molecule has 0 amide bonds. The minimum absolute atomic E-state index is 0.0168. The largest absolute Gasteiger partial charge is 0.507 e. The quantitative estimate of drug-likeness (QED) is 0.470. The Balaban J connectivity index is 2.07. The summed E-state index contributed by atoms with van der Waals surface area (Å²) in [4.78, 5) is 12.4. The zero-order chi connectivity index (χ0) is 17.8. The number of aliphatic hydroxyl groups excluding tert-OH is 1. The monoisotopic (exact) mass is 341 g/mol. The van der Waals surface area contributed by atoms with E-state index in [1.807, 2.05) is 0 Å². The summed E-state index contributed by atoms with van der Waals surface area (Å²) < 4.78 is 10.6. The molecule has 0 radical (unpaired) electrons. The van der Waals surface area contributed by atoms with Crippen molar-refractivity contribution in [2.75, 3.05) is 20.3 Å². The van der Waals surface area contributed by atoms with Crippen molar-refractivity contribution in [1.29, 1.82) is 0 Å². The van der Waals surface area contributed by atoms with E-state index in [1.165, 1.54) is 0 Å². The van der Waals surface area contributed by atoms with E-state index in [0.29, 0.717) is 34.4 Å². The number of methoxy groups -OCH3 is 1. The van der Waals surface area contributed by atoms with Gasteiger partial charge in [-0.15, -0.1) is 0 Å². The van der Waals surface area contributed by atoms with Crippen LogP contribution < -0.4 is 15.7 Å². The van der Waals surface area contributed by atoms with Gasteiger partial charge in [0.1, 0.15) is 17.1 Å². The van der Waals surface area contributed by atoms with Crippen LogP contribution in [0.1, 0.15) is 5.56 Å². The highest BCUT2D eigenvalue weighted by Crippen LogP contribution is 2.29. The van der Waals surface area contributed by atoms with Crippen LogP contribution in [0.15, 0.2) is 51.7 Å². The Morgan fingerprint density at radius 3 is 2.60 bits per heavy atom. The molecule has 0 saturated carbocycles. The van der Waals surface area contributed by atoms with E-state index in [9.17, 15) is 9.90 Å². The van der Waals surface area contributed by atoms with Gasteiger partial charge in [-0.25, -0.2) is 4.79 Å². The molecule has 130 valence electrons. The third-order valence-electron chi connectivity index (χ3n) is 3.97. The zero-order valence-corrected chi connectivity index (χ0v) is 13.8. The number of hydrogen-bond acceptors (Lipinski definition) is 6. The van der Waals surface area contributed by atoms with Crippen LogP contribution in [-0.4, -0.2) is 30.5 Å². The van der Waals surface area contributed by atoms with Gasteiger partial charge in [0, 0.05) is 18.5 Å². The summed E-state index contributed by atoms with van der Waals surface area (Å²) in [6.45, 7) is 0.648. The Hall–Kier alpha value is -2.83. The molecule has 6 nitrogen and oxygen atoms in total. The number of fused-ring (bicyclic) bond motifs is 1. The second-order valence-corrected chi connectivity index (χ2v) is 5.56. The third kappa shape index (κ3) is 3.50. The average Bonchev–Trinajstić information content (AvgIpc) is 2.63. The maximum Gasteiger partial charge on any atom is 0.344 e. The van der Waals surface area contributed by atoms with E-state index in [4.69, 9.17) is 14.3 Å². The molecule has 0 aliphatic heterocycles. The van der Waals surface area contributed by atoms with Crippen molar-refractivity contribution < 1.29 is 19.4 Å². The van der Waals surface area contributed by atoms with Gasteiger partial charge in [0.15, 0.2) is 0 Å². The maximum absolute atomic E-state index is 12.4. The Morgan fingerprint density at radius 1 is 1.16 bits per heavy atom. The number of nitrogens with one attached hydrogen (secondary N) is 1. The number of rotatable bonds is 6. The highest BCUT2D eigenvalue weighted by molar-refractivity contribution is 5.85. The third-order valence-corrected chi connectivity index (χ3v) is 3.97. The Labute approximate surface area is 144 Å². The molecule has 2 aromatic carbocycles. The predicted octanol–water partition coefficient (Wildman–Crippen LogP) is 2.26. The summed E-state index contributed by atoms with van der Waals surface area (Å²) in [6, 6.07) is 12.2. The molecule has 0 bridgehead atoms. The van der Waals surface area contributed by atoms with Crippen molar-refractivity contribution in [2.45, 2.75) is 6.54 Å². The van der Waals surface area contributed by atoms with Gasteiger partial charge in [-0.3, -0.25) is 0 Å². The highest BCUT2D eigenvalue weighted by atomic mass is 16.5. The van der Waals surface area contributed by atoms with Gasteiger partial charge in [0.25, 0.3) is 0 Å². The molecule has 1 aromatic heterocycles. The smallest absolute Gasteiger partial charge is 0.344 e. The first-order valence-corrected chi connectivity index (χ1v) is 7.88. The van der Waals surface area contributed by atoms with E-state index in [0.717, 1.165) is 5.56 Å². The van der Waals surface area contributed by atoms with E-state index < -0.39 is 5.63 Å². The number of hydrogen-bond donors (Lipinski definition) is 3. The van der Waals surface area contributed by atoms with Crippen molar-refractivity contribution >= 4 is 11.0 Å². The number of phenolic OH excluding ortho intramolecular Hbond substituents is 1. The minimum atomic E-state index is -0.480. The molecule has 0 atom stereocenters. The van der Waals surface area contributed by atoms with Crippen molar-refractivity contribution in [1.82, 2.24) is 5.32 Å². The Morgan fingerprint density at radius 2 is 1.92 bits per heavy atom. The standard InChI is InChI=1S/C19H19NO5/c1-24-14-5-2-12(3-6-14)15-10-13-4-7-17(22)16(11-20-8-9-21)18(13)25-19(15)23/h2-7,10,20-22H,8-9,11H2,1H3. The van der Waals surface area contributed by atoms with Gasteiger partial charge < -0.3 is 24.7 Å². The van der Waals surface area contributed by atoms with E-state index in [1.54, 1.807) is 49.6 Å². The molecule has 0 spiro atoms. The topological polar surface area (TPSA) is 91.9 Å². The van der Waals surface area contributed by atoms with Crippen molar-refractivity contribution in [3.8, 4) is 22.6 Å². The highest BCUT2D eigenvalue weighted by Gasteiger charge is 2.13.